The van der Waals surface area contributed by atoms with Crippen molar-refractivity contribution in [2.45, 2.75) is 38.9 Å². The molecule has 0 heterocycles. The standard InChI is InChI=1S/C16H28BrN3/c1-6-20(12(2)11-19(4)5)16(13(3)18)14-9-7-8-10-15(14)17/h7-10,12-13,16H,6,11,18H2,1-5H3. The Bertz CT molecular complexity index is 406. The van der Waals surface area contributed by atoms with Crippen molar-refractivity contribution in [2.75, 3.05) is 27.2 Å². The average molecular weight is 342 g/mol. The van der Waals surface area contributed by atoms with Crippen molar-refractivity contribution in [1.29, 1.82) is 0 Å². The van der Waals surface area contributed by atoms with Crippen LogP contribution < -0.4 is 5.73 Å². The van der Waals surface area contributed by atoms with E-state index in [2.05, 4.69) is 78.8 Å². The molecule has 3 atom stereocenters. The van der Waals surface area contributed by atoms with Crippen molar-refractivity contribution >= 4 is 15.9 Å². The lowest BCUT2D eigenvalue weighted by atomic mass is 9.97. The van der Waals surface area contributed by atoms with Gasteiger partial charge in [-0.15, -0.1) is 0 Å². The maximum atomic E-state index is 6.31. The molecule has 114 valence electrons. The third-order valence-electron chi connectivity index (χ3n) is 3.64. The van der Waals surface area contributed by atoms with Crippen LogP contribution in [0.4, 0.5) is 0 Å². The Kier molecular flexibility index (Phi) is 7.17. The van der Waals surface area contributed by atoms with Gasteiger partial charge in [-0.05, 0) is 46.1 Å². The fourth-order valence-electron chi connectivity index (χ4n) is 2.89. The monoisotopic (exact) mass is 341 g/mol. The maximum Gasteiger partial charge on any atom is 0.0510 e. The van der Waals surface area contributed by atoms with Crippen LogP contribution in [-0.4, -0.2) is 49.1 Å². The van der Waals surface area contributed by atoms with Crippen molar-refractivity contribution < 1.29 is 0 Å². The van der Waals surface area contributed by atoms with Gasteiger partial charge in [-0.25, -0.2) is 0 Å². The van der Waals surface area contributed by atoms with E-state index in [1.165, 1.54) is 5.56 Å². The number of rotatable bonds is 7. The fourth-order valence-corrected chi connectivity index (χ4v) is 3.41. The Balaban J connectivity index is 3.08. The van der Waals surface area contributed by atoms with Gasteiger partial charge in [-0.2, -0.15) is 0 Å². The van der Waals surface area contributed by atoms with Gasteiger partial charge in [-0.1, -0.05) is 41.1 Å². The number of hydrogen-bond donors (Lipinski definition) is 1. The molecule has 0 saturated carbocycles. The average Bonchev–Trinajstić information content (AvgIpc) is 2.35. The van der Waals surface area contributed by atoms with E-state index in [0.717, 1.165) is 17.6 Å². The molecule has 4 heteroatoms. The summed E-state index contributed by atoms with van der Waals surface area (Å²) in [5, 5.41) is 0. The molecule has 0 bridgehead atoms. The second kappa shape index (κ2) is 8.13. The first-order chi connectivity index (χ1) is 9.38. The zero-order chi connectivity index (χ0) is 15.3. The normalized spacial score (nSPS) is 16.4. The van der Waals surface area contributed by atoms with Crippen LogP contribution in [0.5, 0.6) is 0 Å². The first-order valence-corrected chi connectivity index (χ1v) is 8.08. The number of nitrogens with two attached hydrogens (primary N) is 1. The lowest BCUT2D eigenvalue weighted by molar-refractivity contribution is 0.113. The summed E-state index contributed by atoms with van der Waals surface area (Å²) < 4.78 is 1.14. The zero-order valence-corrected chi connectivity index (χ0v) is 14.9. The van der Waals surface area contributed by atoms with E-state index >= 15 is 0 Å². The molecule has 3 unspecified atom stereocenters. The van der Waals surface area contributed by atoms with Gasteiger partial charge in [0.15, 0.2) is 0 Å². The second-order valence-corrected chi connectivity index (χ2v) is 6.62. The topological polar surface area (TPSA) is 32.5 Å². The Labute approximate surface area is 132 Å². The molecule has 1 aromatic carbocycles. The molecule has 0 aromatic heterocycles. The van der Waals surface area contributed by atoms with Crippen LogP contribution in [0.2, 0.25) is 0 Å². The van der Waals surface area contributed by atoms with Crippen molar-refractivity contribution in [2.24, 2.45) is 5.73 Å². The van der Waals surface area contributed by atoms with E-state index in [1.54, 1.807) is 0 Å². The second-order valence-electron chi connectivity index (χ2n) is 5.77. The number of nitrogens with zero attached hydrogens (tertiary/aromatic N) is 2. The fraction of sp³-hybridized carbons (Fsp3) is 0.625. The molecule has 0 amide bonds. The number of halogens is 1. The molecular weight excluding hydrogens is 314 g/mol. The number of hydrogen-bond acceptors (Lipinski definition) is 3. The molecule has 20 heavy (non-hydrogen) atoms. The third-order valence-corrected chi connectivity index (χ3v) is 4.36. The highest BCUT2D eigenvalue weighted by molar-refractivity contribution is 9.10. The van der Waals surface area contributed by atoms with E-state index in [9.17, 15) is 0 Å². The van der Waals surface area contributed by atoms with Crippen LogP contribution in [0.25, 0.3) is 0 Å². The van der Waals surface area contributed by atoms with Gasteiger partial charge < -0.3 is 10.6 Å². The molecule has 0 saturated heterocycles. The Hall–Kier alpha value is -0.420. The summed E-state index contributed by atoms with van der Waals surface area (Å²) in [6, 6.07) is 9.16. The summed E-state index contributed by atoms with van der Waals surface area (Å²) in [5.74, 6) is 0. The largest absolute Gasteiger partial charge is 0.326 e. The minimum absolute atomic E-state index is 0.0817. The zero-order valence-electron chi connectivity index (χ0n) is 13.3. The molecule has 1 aromatic rings. The highest BCUT2D eigenvalue weighted by Crippen LogP contribution is 2.31. The summed E-state index contributed by atoms with van der Waals surface area (Å²) in [7, 11) is 4.23. The first kappa shape index (κ1) is 17.6. The molecule has 0 spiro atoms. The molecule has 0 aliphatic rings. The molecule has 3 nitrogen and oxygen atoms in total. The predicted octanol–water partition coefficient (Wildman–Crippen LogP) is 3.11. The molecular formula is C16H28BrN3. The molecule has 0 aliphatic carbocycles. The van der Waals surface area contributed by atoms with Crippen LogP contribution in [-0.2, 0) is 0 Å². The van der Waals surface area contributed by atoms with Crippen molar-refractivity contribution in [3.63, 3.8) is 0 Å². The highest BCUT2D eigenvalue weighted by Gasteiger charge is 2.28. The van der Waals surface area contributed by atoms with Crippen LogP contribution >= 0.6 is 15.9 Å². The third kappa shape index (κ3) is 4.55. The van der Waals surface area contributed by atoms with E-state index < -0.39 is 0 Å². The van der Waals surface area contributed by atoms with Crippen molar-refractivity contribution in [1.82, 2.24) is 9.80 Å². The Morgan fingerprint density at radius 2 is 1.80 bits per heavy atom. The summed E-state index contributed by atoms with van der Waals surface area (Å²) in [4.78, 5) is 4.72. The Morgan fingerprint density at radius 1 is 1.20 bits per heavy atom. The maximum absolute atomic E-state index is 6.31. The van der Waals surface area contributed by atoms with Crippen LogP contribution in [0.15, 0.2) is 28.7 Å². The summed E-state index contributed by atoms with van der Waals surface area (Å²) >= 11 is 3.67. The number of benzene rings is 1. The minimum Gasteiger partial charge on any atom is -0.326 e. The molecule has 2 N–H and O–H groups in total. The van der Waals surface area contributed by atoms with Crippen molar-refractivity contribution in [3.8, 4) is 0 Å². The number of likely N-dealkylation sites (N-methyl/N-ethyl adjacent to an activating group) is 2. The Morgan fingerprint density at radius 3 is 2.25 bits per heavy atom. The lowest BCUT2D eigenvalue weighted by Gasteiger charge is -2.39. The highest BCUT2D eigenvalue weighted by atomic mass is 79.9. The van der Waals surface area contributed by atoms with E-state index in [1.807, 2.05) is 6.07 Å². The molecule has 0 radical (unpaired) electrons. The quantitative estimate of drug-likeness (QED) is 0.826. The van der Waals surface area contributed by atoms with E-state index in [4.69, 9.17) is 5.73 Å². The summed E-state index contributed by atoms with van der Waals surface area (Å²) in [5.41, 5.74) is 7.58. The summed E-state index contributed by atoms with van der Waals surface area (Å²) in [6.45, 7) is 8.59. The van der Waals surface area contributed by atoms with Crippen LogP contribution in [0.1, 0.15) is 32.4 Å². The summed E-state index contributed by atoms with van der Waals surface area (Å²) in [6.07, 6.45) is 0. The minimum atomic E-state index is 0.0817. The van der Waals surface area contributed by atoms with Gasteiger partial charge in [0.2, 0.25) is 0 Å². The molecule has 0 aliphatic heterocycles. The smallest absolute Gasteiger partial charge is 0.0510 e. The SMILES string of the molecule is CCN(C(C)CN(C)C)C(c1ccccc1Br)C(C)N. The van der Waals surface area contributed by atoms with E-state index in [-0.39, 0.29) is 12.1 Å². The van der Waals surface area contributed by atoms with Gasteiger partial charge in [0.25, 0.3) is 0 Å². The lowest BCUT2D eigenvalue weighted by Crippen LogP contribution is -2.47. The van der Waals surface area contributed by atoms with Gasteiger partial charge in [0.1, 0.15) is 0 Å². The predicted molar refractivity (Wildman–Crippen MR) is 90.9 cm³/mol. The van der Waals surface area contributed by atoms with E-state index in [0.29, 0.717) is 6.04 Å². The van der Waals surface area contributed by atoms with Gasteiger partial charge in [0.05, 0.1) is 6.04 Å². The molecule has 1 rings (SSSR count). The van der Waals surface area contributed by atoms with Gasteiger partial charge in [0, 0.05) is 23.1 Å². The van der Waals surface area contributed by atoms with Crippen LogP contribution in [0.3, 0.4) is 0 Å². The van der Waals surface area contributed by atoms with Gasteiger partial charge >= 0.3 is 0 Å². The van der Waals surface area contributed by atoms with Gasteiger partial charge in [-0.3, -0.25) is 4.90 Å². The molecule has 0 fully saturated rings. The van der Waals surface area contributed by atoms with Crippen molar-refractivity contribution in [3.05, 3.63) is 34.3 Å². The van der Waals surface area contributed by atoms with Crippen LogP contribution in [0, 0.1) is 0 Å². The first-order valence-electron chi connectivity index (χ1n) is 7.29.